The third-order valence-electron chi connectivity index (χ3n) is 4.59. The number of benzene rings is 2. The third kappa shape index (κ3) is 3.93. The van der Waals surface area contributed by atoms with Crippen molar-refractivity contribution >= 4 is 22.4 Å². The van der Waals surface area contributed by atoms with Gasteiger partial charge in [0.15, 0.2) is 17.3 Å². The van der Waals surface area contributed by atoms with Crippen molar-refractivity contribution < 1.29 is 9.47 Å². The van der Waals surface area contributed by atoms with Crippen LogP contribution < -0.4 is 19.6 Å². The van der Waals surface area contributed by atoms with Gasteiger partial charge in [-0.05, 0) is 49.6 Å². The summed E-state index contributed by atoms with van der Waals surface area (Å²) < 4.78 is 13.4. The monoisotopic (exact) mass is 421 g/mol. The summed E-state index contributed by atoms with van der Waals surface area (Å²) in [5, 5.41) is 4.44. The van der Waals surface area contributed by atoms with E-state index in [1.165, 1.54) is 15.9 Å². The predicted octanol–water partition coefficient (Wildman–Crippen LogP) is 3.86. The van der Waals surface area contributed by atoms with Gasteiger partial charge in [0.05, 0.1) is 17.7 Å². The summed E-state index contributed by atoms with van der Waals surface area (Å²) in [5.41, 5.74) is 2.70. The molecule has 0 aliphatic rings. The third-order valence-corrected chi connectivity index (χ3v) is 5.55. The number of aryl methyl sites for hydroxylation is 1. The highest BCUT2D eigenvalue weighted by Gasteiger charge is 2.13. The van der Waals surface area contributed by atoms with Crippen molar-refractivity contribution in [1.29, 1.82) is 0 Å². The summed E-state index contributed by atoms with van der Waals surface area (Å²) >= 11 is 1.33. The highest BCUT2D eigenvalue weighted by Crippen LogP contribution is 2.29. The molecule has 0 aliphatic heterocycles. The van der Waals surface area contributed by atoms with E-state index in [2.05, 4.69) is 17.0 Å². The molecular weight excluding hydrogens is 398 g/mol. The lowest BCUT2D eigenvalue weighted by Gasteiger charge is -2.11. The van der Waals surface area contributed by atoms with Crippen LogP contribution in [0.15, 0.2) is 47.3 Å². The number of nitrogens with zero attached hydrogens (tertiary/aromatic N) is 3. The van der Waals surface area contributed by atoms with Crippen molar-refractivity contribution in [2.45, 2.75) is 27.2 Å². The van der Waals surface area contributed by atoms with Crippen LogP contribution in [-0.2, 0) is 0 Å². The maximum Gasteiger partial charge on any atom is 0.291 e. The van der Waals surface area contributed by atoms with Gasteiger partial charge in [0.1, 0.15) is 0 Å². The first-order valence-corrected chi connectivity index (χ1v) is 10.8. The highest BCUT2D eigenvalue weighted by atomic mass is 32.1. The summed E-state index contributed by atoms with van der Waals surface area (Å²) in [7, 11) is 0. The van der Waals surface area contributed by atoms with Crippen LogP contribution >= 0.6 is 11.3 Å². The molecule has 0 bridgehead atoms. The van der Waals surface area contributed by atoms with Crippen molar-refractivity contribution in [2.24, 2.45) is 0 Å². The SMILES string of the molecule is CCCOc1ccc(/C=c2\sc3nc(-c4ccccc4C)nn3c2=O)cc1OCC. The molecule has 154 valence electrons. The highest BCUT2D eigenvalue weighted by molar-refractivity contribution is 7.15. The molecule has 0 atom stereocenters. The lowest BCUT2D eigenvalue weighted by Crippen LogP contribution is -2.23. The second-order valence-corrected chi connectivity index (χ2v) is 7.86. The fraction of sp³-hybridized carbons (Fsp3) is 0.261. The van der Waals surface area contributed by atoms with Crippen LogP contribution in [-0.4, -0.2) is 27.8 Å². The number of hydrogen-bond acceptors (Lipinski definition) is 6. The van der Waals surface area contributed by atoms with E-state index >= 15 is 0 Å². The van der Waals surface area contributed by atoms with Gasteiger partial charge in [0, 0.05) is 5.56 Å². The number of rotatable bonds is 7. The van der Waals surface area contributed by atoms with E-state index in [1.807, 2.05) is 62.4 Å². The molecule has 0 fully saturated rings. The molecule has 4 rings (SSSR count). The van der Waals surface area contributed by atoms with Crippen LogP contribution in [0.3, 0.4) is 0 Å². The van der Waals surface area contributed by atoms with E-state index in [4.69, 9.17) is 9.47 Å². The Labute approximate surface area is 178 Å². The molecule has 0 saturated heterocycles. The largest absolute Gasteiger partial charge is 0.490 e. The van der Waals surface area contributed by atoms with Crippen LogP contribution in [0.5, 0.6) is 11.5 Å². The standard InChI is InChI=1S/C23H23N3O3S/c1-4-12-29-18-11-10-16(13-19(18)28-5-2)14-20-22(27)26-23(30-20)24-21(25-26)17-9-7-6-8-15(17)3/h6-11,13-14H,4-5,12H2,1-3H3/b20-14-. The Hall–Kier alpha value is -3.19. The van der Waals surface area contributed by atoms with E-state index in [0.717, 1.165) is 23.1 Å². The smallest absolute Gasteiger partial charge is 0.291 e. The number of fused-ring (bicyclic) bond motifs is 1. The lowest BCUT2D eigenvalue weighted by molar-refractivity contribution is 0.277. The summed E-state index contributed by atoms with van der Waals surface area (Å²) in [6.07, 6.45) is 2.76. The minimum absolute atomic E-state index is 0.174. The Kier molecular flexibility index (Phi) is 5.81. The van der Waals surface area contributed by atoms with Crippen LogP contribution in [0.1, 0.15) is 31.4 Å². The zero-order valence-corrected chi connectivity index (χ0v) is 18.0. The molecule has 2 aromatic heterocycles. The first kappa shape index (κ1) is 20.1. The normalized spacial score (nSPS) is 11.9. The number of ether oxygens (including phenoxy) is 2. The summed E-state index contributed by atoms with van der Waals surface area (Å²) in [4.78, 5) is 18.0. The van der Waals surface area contributed by atoms with E-state index < -0.39 is 0 Å². The molecule has 0 radical (unpaired) electrons. The lowest BCUT2D eigenvalue weighted by atomic mass is 10.1. The Bertz CT molecular complexity index is 1290. The molecule has 2 heterocycles. The molecule has 2 aromatic carbocycles. The van der Waals surface area contributed by atoms with Crippen LogP contribution in [0.4, 0.5) is 0 Å². The van der Waals surface area contributed by atoms with Gasteiger partial charge in [-0.15, -0.1) is 5.10 Å². The first-order chi connectivity index (χ1) is 14.6. The van der Waals surface area contributed by atoms with Gasteiger partial charge in [0.25, 0.3) is 5.56 Å². The summed E-state index contributed by atoms with van der Waals surface area (Å²) in [5.74, 6) is 1.95. The van der Waals surface area contributed by atoms with E-state index in [1.54, 1.807) is 0 Å². The fourth-order valence-corrected chi connectivity index (χ4v) is 4.04. The molecule has 0 saturated carbocycles. The van der Waals surface area contributed by atoms with Gasteiger partial charge in [-0.3, -0.25) is 4.79 Å². The molecule has 0 N–H and O–H groups in total. The molecule has 0 unspecified atom stereocenters. The first-order valence-electron chi connectivity index (χ1n) is 9.97. The Morgan fingerprint density at radius 2 is 1.93 bits per heavy atom. The quantitative estimate of drug-likeness (QED) is 0.453. The fourth-order valence-electron chi connectivity index (χ4n) is 3.14. The van der Waals surface area contributed by atoms with Crippen LogP contribution in [0.2, 0.25) is 0 Å². The van der Waals surface area contributed by atoms with Crippen molar-refractivity contribution in [2.75, 3.05) is 13.2 Å². The number of hydrogen-bond donors (Lipinski definition) is 0. The van der Waals surface area contributed by atoms with Crippen molar-refractivity contribution in [3.05, 3.63) is 68.5 Å². The van der Waals surface area contributed by atoms with Gasteiger partial charge >= 0.3 is 0 Å². The number of aromatic nitrogens is 3. The topological polar surface area (TPSA) is 65.7 Å². The Morgan fingerprint density at radius 1 is 1.10 bits per heavy atom. The Balaban J connectivity index is 1.72. The van der Waals surface area contributed by atoms with Crippen LogP contribution in [0, 0.1) is 6.92 Å². The Morgan fingerprint density at radius 3 is 2.67 bits per heavy atom. The van der Waals surface area contributed by atoms with Gasteiger partial charge in [-0.1, -0.05) is 48.6 Å². The van der Waals surface area contributed by atoms with Gasteiger partial charge in [0.2, 0.25) is 4.96 Å². The molecule has 6 nitrogen and oxygen atoms in total. The zero-order valence-electron chi connectivity index (χ0n) is 17.2. The second kappa shape index (κ2) is 8.67. The molecule has 0 aliphatic carbocycles. The average Bonchev–Trinajstić information content (AvgIpc) is 3.27. The maximum absolute atomic E-state index is 12.9. The minimum atomic E-state index is -0.174. The van der Waals surface area contributed by atoms with E-state index in [0.29, 0.717) is 40.0 Å². The summed E-state index contributed by atoms with van der Waals surface area (Å²) in [6, 6.07) is 13.6. The molecule has 0 spiro atoms. The van der Waals surface area contributed by atoms with Crippen LogP contribution in [0.25, 0.3) is 22.4 Å². The second-order valence-electron chi connectivity index (χ2n) is 6.85. The van der Waals surface area contributed by atoms with Crippen molar-refractivity contribution in [3.63, 3.8) is 0 Å². The summed E-state index contributed by atoms with van der Waals surface area (Å²) in [6.45, 7) is 7.17. The van der Waals surface area contributed by atoms with Crippen molar-refractivity contribution in [1.82, 2.24) is 14.6 Å². The van der Waals surface area contributed by atoms with Gasteiger partial charge < -0.3 is 9.47 Å². The average molecular weight is 422 g/mol. The molecule has 0 amide bonds. The van der Waals surface area contributed by atoms with E-state index in [9.17, 15) is 4.79 Å². The maximum atomic E-state index is 12.9. The molecule has 30 heavy (non-hydrogen) atoms. The minimum Gasteiger partial charge on any atom is -0.490 e. The van der Waals surface area contributed by atoms with E-state index in [-0.39, 0.29) is 5.56 Å². The zero-order chi connectivity index (χ0) is 21.1. The molecule has 7 heteroatoms. The van der Waals surface area contributed by atoms with Gasteiger partial charge in [-0.25, -0.2) is 0 Å². The molecule has 4 aromatic rings. The van der Waals surface area contributed by atoms with Gasteiger partial charge in [-0.2, -0.15) is 9.50 Å². The number of thiazole rings is 1. The predicted molar refractivity (Wildman–Crippen MR) is 119 cm³/mol. The molecular formula is C23H23N3O3S. The van der Waals surface area contributed by atoms with Crippen molar-refractivity contribution in [3.8, 4) is 22.9 Å².